The molecule has 68 valence electrons. The monoisotopic (exact) mass is 177 g/mol. The SMILES string of the molecule is CCNCC(C)(C)CCCCl. The minimum Gasteiger partial charge on any atom is -0.316 e. The lowest BCUT2D eigenvalue weighted by atomic mass is 9.88. The van der Waals surface area contributed by atoms with E-state index in [0.29, 0.717) is 5.41 Å². The summed E-state index contributed by atoms with van der Waals surface area (Å²) in [6.07, 6.45) is 2.34. The molecule has 0 unspecified atom stereocenters. The third kappa shape index (κ3) is 6.64. The topological polar surface area (TPSA) is 12.0 Å². The highest BCUT2D eigenvalue weighted by atomic mass is 35.5. The average Bonchev–Trinajstić information content (AvgIpc) is 1.97. The molecule has 0 aromatic carbocycles. The van der Waals surface area contributed by atoms with Crippen molar-refractivity contribution in [2.45, 2.75) is 33.6 Å². The largest absolute Gasteiger partial charge is 0.316 e. The van der Waals surface area contributed by atoms with E-state index in [-0.39, 0.29) is 0 Å². The van der Waals surface area contributed by atoms with Crippen molar-refractivity contribution in [2.24, 2.45) is 5.41 Å². The molecule has 0 atom stereocenters. The first-order valence-electron chi connectivity index (χ1n) is 4.39. The summed E-state index contributed by atoms with van der Waals surface area (Å²) in [5, 5.41) is 3.35. The molecule has 0 aliphatic carbocycles. The van der Waals surface area contributed by atoms with Crippen LogP contribution in [0.25, 0.3) is 0 Å². The van der Waals surface area contributed by atoms with E-state index >= 15 is 0 Å². The maximum atomic E-state index is 5.62. The zero-order chi connectivity index (χ0) is 8.74. The number of hydrogen-bond acceptors (Lipinski definition) is 1. The number of rotatable bonds is 6. The summed E-state index contributed by atoms with van der Waals surface area (Å²) in [6, 6.07) is 0. The fourth-order valence-corrected chi connectivity index (χ4v) is 1.23. The summed E-state index contributed by atoms with van der Waals surface area (Å²) in [4.78, 5) is 0. The van der Waals surface area contributed by atoms with E-state index in [2.05, 4.69) is 26.1 Å². The lowest BCUT2D eigenvalue weighted by molar-refractivity contribution is 0.315. The fraction of sp³-hybridized carbons (Fsp3) is 1.00. The van der Waals surface area contributed by atoms with Gasteiger partial charge in [-0.2, -0.15) is 0 Å². The minimum atomic E-state index is 0.408. The van der Waals surface area contributed by atoms with Crippen molar-refractivity contribution < 1.29 is 0 Å². The highest BCUT2D eigenvalue weighted by Gasteiger charge is 2.15. The Hall–Kier alpha value is 0.250. The molecule has 0 aliphatic rings. The molecule has 0 heterocycles. The number of nitrogens with one attached hydrogen (secondary N) is 1. The van der Waals surface area contributed by atoms with E-state index in [1.165, 1.54) is 6.42 Å². The molecule has 0 aromatic heterocycles. The molecule has 0 aromatic rings. The predicted octanol–water partition coefficient (Wildman–Crippen LogP) is 2.64. The van der Waals surface area contributed by atoms with Crippen molar-refractivity contribution in [3.05, 3.63) is 0 Å². The van der Waals surface area contributed by atoms with Crippen molar-refractivity contribution in [2.75, 3.05) is 19.0 Å². The Morgan fingerprint density at radius 2 is 2.00 bits per heavy atom. The highest BCUT2D eigenvalue weighted by molar-refractivity contribution is 6.17. The molecule has 0 aliphatic heterocycles. The summed E-state index contributed by atoms with van der Waals surface area (Å²) in [7, 11) is 0. The second kappa shape index (κ2) is 5.84. The molecule has 0 fully saturated rings. The van der Waals surface area contributed by atoms with E-state index < -0.39 is 0 Å². The van der Waals surface area contributed by atoms with Gasteiger partial charge >= 0.3 is 0 Å². The smallest absolute Gasteiger partial charge is 0.0223 e. The first-order valence-corrected chi connectivity index (χ1v) is 4.92. The van der Waals surface area contributed by atoms with Crippen LogP contribution in [-0.2, 0) is 0 Å². The molecule has 2 heteroatoms. The Bertz CT molecular complexity index is 81.6. The first-order chi connectivity index (χ1) is 5.12. The Morgan fingerprint density at radius 3 is 2.45 bits per heavy atom. The van der Waals surface area contributed by atoms with Crippen LogP contribution in [0, 0.1) is 5.41 Å². The van der Waals surface area contributed by atoms with Gasteiger partial charge in [0.1, 0.15) is 0 Å². The van der Waals surface area contributed by atoms with Crippen LogP contribution in [0.5, 0.6) is 0 Å². The maximum absolute atomic E-state index is 5.62. The van der Waals surface area contributed by atoms with Gasteiger partial charge in [0.05, 0.1) is 0 Å². The molecule has 0 saturated carbocycles. The van der Waals surface area contributed by atoms with Crippen molar-refractivity contribution in [1.29, 1.82) is 0 Å². The quantitative estimate of drug-likeness (QED) is 0.616. The molecular weight excluding hydrogens is 158 g/mol. The fourth-order valence-electron chi connectivity index (χ4n) is 1.10. The Labute approximate surface area is 75.5 Å². The zero-order valence-corrected chi connectivity index (χ0v) is 8.67. The second-order valence-corrected chi connectivity index (χ2v) is 4.12. The van der Waals surface area contributed by atoms with Gasteiger partial charge in [0.2, 0.25) is 0 Å². The molecule has 0 radical (unpaired) electrons. The van der Waals surface area contributed by atoms with E-state index in [4.69, 9.17) is 11.6 Å². The summed E-state index contributed by atoms with van der Waals surface area (Å²) in [6.45, 7) is 8.85. The molecule has 0 bridgehead atoms. The third-order valence-electron chi connectivity index (χ3n) is 1.84. The average molecular weight is 178 g/mol. The molecule has 1 nitrogen and oxygen atoms in total. The standard InChI is InChI=1S/C9H20ClN/c1-4-11-8-9(2,3)6-5-7-10/h11H,4-8H2,1-3H3. The minimum absolute atomic E-state index is 0.408. The van der Waals surface area contributed by atoms with E-state index in [9.17, 15) is 0 Å². The van der Waals surface area contributed by atoms with Crippen LogP contribution in [0.1, 0.15) is 33.6 Å². The summed E-state index contributed by atoms with van der Waals surface area (Å²) < 4.78 is 0. The first kappa shape index (κ1) is 11.2. The van der Waals surface area contributed by atoms with Gasteiger partial charge in [-0.15, -0.1) is 11.6 Å². The third-order valence-corrected chi connectivity index (χ3v) is 2.11. The predicted molar refractivity (Wildman–Crippen MR) is 52.3 cm³/mol. The second-order valence-electron chi connectivity index (χ2n) is 3.74. The molecule has 0 amide bonds. The van der Waals surface area contributed by atoms with E-state index in [1.807, 2.05) is 0 Å². The molecule has 0 saturated heterocycles. The van der Waals surface area contributed by atoms with Gasteiger partial charge in [0.15, 0.2) is 0 Å². The van der Waals surface area contributed by atoms with Gasteiger partial charge in [0.25, 0.3) is 0 Å². The summed E-state index contributed by atoms with van der Waals surface area (Å²) in [5.74, 6) is 0.787. The molecule has 0 spiro atoms. The summed E-state index contributed by atoms with van der Waals surface area (Å²) in [5.41, 5.74) is 0.408. The van der Waals surface area contributed by atoms with Gasteiger partial charge in [-0.05, 0) is 24.8 Å². The number of hydrogen-bond donors (Lipinski definition) is 1. The highest BCUT2D eigenvalue weighted by Crippen LogP contribution is 2.20. The van der Waals surface area contributed by atoms with E-state index in [1.54, 1.807) is 0 Å². The lowest BCUT2D eigenvalue weighted by Gasteiger charge is -2.24. The van der Waals surface area contributed by atoms with Gasteiger partial charge < -0.3 is 5.32 Å². The molecule has 0 rings (SSSR count). The summed E-state index contributed by atoms with van der Waals surface area (Å²) >= 11 is 5.62. The van der Waals surface area contributed by atoms with Crippen molar-refractivity contribution in [3.8, 4) is 0 Å². The van der Waals surface area contributed by atoms with Crippen LogP contribution in [0.2, 0.25) is 0 Å². The van der Waals surface area contributed by atoms with Gasteiger partial charge in [-0.1, -0.05) is 20.8 Å². The Morgan fingerprint density at radius 1 is 1.36 bits per heavy atom. The maximum Gasteiger partial charge on any atom is 0.0223 e. The Balaban J connectivity index is 3.43. The number of halogens is 1. The number of alkyl halides is 1. The van der Waals surface area contributed by atoms with Crippen LogP contribution >= 0.6 is 11.6 Å². The molecular formula is C9H20ClN. The van der Waals surface area contributed by atoms with Crippen molar-refractivity contribution >= 4 is 11.6 Å². The normalized spacial score (nSPS) is 12.0. The molecule has 1 N–H and O–H groups in total. The van der Waals surface area contributed by atoms with Crippen LogP contribution in [0.15, 0.2) is 0 Å². The van der Waals surface area contributed by atoms with Crippen LogP contribution < -0.4 is 5.32 Å². The van der Waals surface area contributed by atoms with Crippen LogP contribution in [0.3, 0.4) is 0 Å². The molecule has 11 heavy (non-hydrogen) atoms. The van der Waals surface area contributed by atoms with Gasteiger partial charge in [0, 0.05) is 12.4 Å². The van der Waals surface area contributed by atoms with Crippen LogP contribution in [0.4, 0.5) is 0 Å². The van der Waals surface area contributed by atoms with Crippen LogP contribution in [-0.4, -0.2) is 19.0 Å². The Kier molecular flexibility index (Phi) is 5.98. The lowest BCUT2D eigenvalue weighted by Crippen LogP contribution is -2.29. The van der Waals surface area contributed by atoms with Crippen molar-refractivity contribution in [3.63, 3.8) is 0 Å². The zero-order valence-electron chi connectivity index (χ0n) is 7.91. The van der Waals surface area contributed by atoms with Gasteiger partial charge in [-0.3, -0.25) is 0 Å². The van der Waals surface area contributed by atoms with Gasteiger partial charge in [-0.25, -0.2) is 0 Å². The van der Waals surface area contributed by atoms with Crippen molar-refractivity contribution in [1.82, 2.24) is 5.32 Å². The van der Waals surface area contributed by atoms with E-state index in [0.717, 1.165) is 25.4 Å².